The highest BCUT2D eigenvalue weighted by molar-refractivity contribution is 6.23. The van der Waals surface area contributed by atoms with Crippen molar-refractivity contribution in [3.8, 4) is 0 Å². The van der Waals surface area contributed by atoms with Crippen molar-refractivity contribution >= 4 is 29.2 Å². The fourth-order valence-electron chi connectivity index (χ4n) is 4.20. The first-order valence-corrected chi connectivity index (χ1v) is 9.81. The van der Waals surface area contributed by atoms with Crippen LogP contribution in [0.2, 0.25) is 0 Å². The number of nitrogens with zero attached hydrogens (tertiary/aromatic N) is 2. The molecule has 7 nitrogen and oxygen atoms in total. The van der Waals surface area contributed by atoms with Crippen LogP contribution in [0.5, 0.6) is 0 Å². The number of aromatic carboxylic acids is 1. The van der Waals surface area contributed by atoms with Gasteiger partial charge in [-0.3, -0.25) is 14.4 Å². The molecule has 2 fully saturated rings. The number of fused-ring (bicyclic) bond motifs is 1. The summed E-state index contributed by atoms with van der Waals surface area (Å²) in [4.78, 5) is 44.9. The van der Waals surface area contributed by atoms with Crippen LogP contribution in [0.25, 0.3) is 0 Å². The molecule has 7 heteroatoms. The van der Waals surface area contributed by atoms with E-state index in [4.69, 9.17) is 4.84 Å². The molecule has 0 radical (unpaired) electrons. The average Bonchev–Trinajstić information content (AvgIpc) is 3.31. The van der Waals surface area contributed by atoms with Gasteiger partial charge in [-0.05, 0) is 35.4 Å². The first-order chi connectivity index (χ1) is 15.1. The molecule has 0 bridgehead atoms. The van der Waals surface area contributed by atoms with Gasteiger partial charge in [-0.25, -0.2) is 9.96 Å². The highest BCUT2D eigenvalue weighted by Crippen LogP contribution is 2.47. The van der Waals surface area contributed by atoms with Gasteiger partial charge in [0.25, 0.3) is 5.91 Å². The number of imide groups is 1. The van der Waals surface area contributed by atoms with Crippen LogP contribution in [0.1, 0.15) is 22.0 Å². The molecular weight excluding hydrogens is 396 g/mol. The Morgan fingerprint density at radius 3 is 1.94 bits per heavy atom. The number of carboxylic acid groups (broad SMARTS) is 1. The van der Waals surface area contributed by atoms with Gasteiger partial charge in [0.15, 0.2) is 6.10 Å². The molecule has 2 amide bonds. The molecule has 2 aliphatic heterocycles. The molecular formula is C24H17N2O5-. The van der Waals surface area contributed by atoms with Crippen molar-refractivity contribution in [2.24, 2.45) is 5.92 Å². The lowest BCUT2D eigenvalue weighted by molar-refractivity contribution is -0.255. The van der Waals surface area contributed by atoms with Gasteiger partial charge < -0.3 is 9.90 Å². The second kappa shape index (κ2) is 7.37. The SMILES string of the molecule is O=C([O-])c1ccc([C@H]2[C@H]3C(=O)N(c4ccccc4)C(=O)[C@@H]3ON2c2ccccc2)cc1. The van der Waals surface area contributed by atoms with Gasteiger partial charge >= 0.3 is 0 Å². The van der Waals surface area contributed by atoms with Crippen molar-refractivity contribution in [1.82, 2.24) is 0 Å². The number of hydroxylamine groups is 1. The lowest BCUT2D eigenvalue weighted by atomic mass is 9.90. The maximum absolute atomic E-state index is 13.4. The van der Waals surface area contributed by atoms with E-state index in [9.17, 15) is 19.5 Å². The van der Waals surface area contributed by atoms with E-state index in [0.29, 0.717) is 16.9 Å². The third-order valence-electron chi connectivity index (χ3n) is 5.63. The third-order valence-corrected chi connectivity index (χ3v) is 5.63. The van der Waals surface area contributed by atoms with Crippen molar-refractivity contribution < 1.29 is 24.3 Å². The molecule has 31 heavy (non-hydrogen) atoms. The Bertz CT molecular complexity index is 1150. The van der Waals surface area contributed by atoms with Gasteiger partial charge in [-0.2, -0.15) is 0 Å². The van der Waals surface area contributed by atoms with Crippen molar-refractivity contribution in [3.05, 3.63) is 96.1 Å². The van der Waals surface area contributed by atoms with Crippen LogP contribution in [0.15, 0.2) is 84.9 Å². The summed E-state index contributed by atoms with van der Waals surface area (Å²) in [6, 6.07) is 23.4. The standard InChI is InChI=1S/C24H18N2O5/c27-22-19-20(15-11-13-16(14-12-15)24(29)30)26(18-9-5-2-6-10-18)31-21(19)23(28)25(22)17-7-3-1-4-8-17/h1-14,19-21H,(H,29,30)/p-1/t19-,20+,21-/m1/s1. The Hall–Kier alpha value is -3.97. The zero-order chi connectivity index (χ0) is 21.5. The monoisotopic (exact) mass is 413 g/mol. The summed E-state index contributed by atoms with van der Waals surface area (Å²) in [6.07, 6.45) is -0.973. The van der Waals surface area contributed by atoms with E-state index in [1.807, 2.05) is 36.4 Å². The summed E-state index contributed by atoms with van der Waals surface area (Å²) in [5.41, 5.74) is 1.88. The number of hydrogen-bond acceptors (Lipinski definition) is 6. The summed E-state index contributed by atoms with van der Waals surface area (Å²) >= 11 is 0. The van der Waals surface area contributed by atoms with E-state index in [1.54, 1.807) is 41.5 Å². The molecule has 0 spiro atoms. The zero-order valence-corrected chi connectivity index (χ0v) is 16.3. The van der Waals surface area contributed by atoms with E-state index >= 15 is 0 Å². The minimum Gasteiger partial charge on any atom is -0.545 e. The zero-order valence-electron chi connectivity index (χ0n) is 16.3. The molecule has 0 aromatic heterocycles. The van der Waals surface area contributed by atoms with E-state index in [0.717, 1.165) is 0 Å². The normalized spacial score (nSPS) is 22.6. The first kappa shape index (κ1) is 19.0. The molecule has 3 aromatic rings. The number of rotatable bonds is 4. The number of carbonyl (C=O) groups excluding carboxylic acids is 3. The van der Waals surface area contributed by atoms with Crippen molar-refractivity contribution in [1.29, 1.82) is 0 Å². The fourth-order valence-corrected chi connectivity index (χ4v) is 4.20. The van der Waals surface area contributed by atoms with Gasteiger partial charge in [0, 0.05) is 0 Å². The minimum absolute atomic E-state index is 0.0326. The first-order valence-electron chi connectivity index (χ1n) is 9.81. The number of hydrogen-bond donors (Lipinski definition) is 0. The second-order valence-corrected chi connectivity index (χ2v) is 7.41. The lowest BCUT2D eigenvalue weighted by Gasteiger charge is -2.29. The molecule has 2 heterocycles. The smallest absolute Gasteiger partial charge is 0.266 e. The Labute approximate surface area is 178 Å². The van der Waals surface area contributed by atoms with Crippen molar-refractivity contribution in [3.63, 3.8) is 0 Å². The van der Waals surface area contributed by atoms with Gasteiger partial charge in [0.1, 0.15) is 5.92 Å². The number of carbonyl (C=O) groups is 3. The van der Waals surface area contributed by atoms with Crippen LogP contribution in [0.3, 0.4) is 0 Å². The summed E-state index contributed by atoms with van der Waals surface area (Å²) < 4.78 is 0. The molecule has 0 aliphatic carbocycles. The molecule has 2 saturated heterocycles. The quantitative estimate of drug-likeness (QED) is 0.609. The van der Waals surface area contributed by atoms with Crippen molar-refractivity contribution in [2.75, 3.05) is 9.96 Å². The van der Waals surface area contributed by atoms with Gasteiger partial charge in [-0.15, -0.1) is 0 Å². The largest absolute Gasteiger partial charge is 0.545 e. The second-order valence-electron chi connectivity index (χ2n) is 7.41. The minimum atomic E-state index is -1.28. The number of para-hydroxylation sites is 2. The molecule has 0 unspecified atom stereocenters. The molecule has 5 rings (SSSR count). The van der Waals surface area contributed by atoms with Gasteiger partial charge in [0.2, 0.25) is 5.91 Å². The van der Waals surface area contributed by atoms with E-state index in [-0.39, 0.29) is 11.5 Å². The Morgan fingerprint density at radius 1 is 0.774 bits per heavy atom. The van der Waals surface area contributed by atoms with E-state index in [2.05, 4.69) is 0 Å². The number of amides is 2. The van der Waals surface area contributed by atoms with Gasteiger partial charge in [0.05, 0.1) is 23.4 Å². The van der Waals surface area contributed by atoms with Crippen LogP contribution >= 0.6 is 0 Å². The summed E-state index contributed by atoms with van der Waals surface area (Å²) in [5.74, 6) is -2.83. The van der Waals surface area contributed by atoms with Crippen LogP contribution in [-0.4, -0.2) is 23.9 Å². The lowest BCUT2D eigenvalue weighted by Crippen LogP contribution is -2.37. The van der Waals surface area contributed by atoms with Crippen LogP contribution < -0.4 is 15.1 Å². The predicted molar refractivity (Wildman–Crippen MR) is 110 cm³/mol. The Kier molecular flexibility index (Phi) is 4.52. The third kappa shape index (κ3) is 3.06. The van der Waals surface area contributed by atoms with E-state index < -0.39 is 29.9 Å². The number of carboxylic acids is 1. The summed E-state index contributed by atoms with van der Waals surface area (Å²) in [7, 11) is 0. The molecule has 0 N–H and O–H groups in total. The maximum atomic E-state index is 13.4. The molecule has 154 valence electrons. The maximum Gasteiger partial charge on any atom is 0.266 e. The molecule has 3 atom stereocenters. The fraction of sp³-hybridized carbons (Fsp3) is 0.125. The molecule has 3 aromatic carbocycles. The summed E-state index contributed by atoms with van der Waals surface area (Å²) in [5, 5.41) is 12.7. The highest BCUT2D eigenvalue weighted by Gasteiger charge is 2.60. The molecule has 2 aliphatic rings. The van der Waals surface area contributed by atoms with Crippen LogP contribution in [-0.2, 0) is 14.4 Å². The Balaban J connectivity index is 1.58. The van der Waals surface area contributed by atoms with E-state index in [1.165, 1.54) is 17.0 Å². The topological polar surface area (TPSA) is 90.0 Å². The number of anilines is 2. The average molecular weight is 413 g/mol. The number of benzene rings is 3. The Morgan fingerprint density at radius 2 is 1.35 bits per heavy atom. The van der Waals surface area contributed by atoms with Crippen molar-refractivity contribution in [2.45, 2.75) is 12.1 Å². The van der Waals surface area contributed by atoms with Crippen LogP contribution in [0, 0.1) is 5.92 Å². The van der Waals surface area contributed by atoms with Gasteiger partial charge in [-0.1, -0.05) is 60.7 Å². The van der Waals surface area contributed by atoms with Crippen LogP contribution in [0.4, 0.5) is 11.4 Å². The highest BCUT2D eigenvalue weighted by atomic mass is 16.7. The summed E-state index contributed by atoms with van der Waals surface area (Å²) in [6.45, 7) is 0. The molecule has 0 saturated carbocycles. The predicted octanol–water partition coefficient (Wildman–Crippen LogP) is 2.10.